The Labute approximate surface area is 322 Å². The first-order valence-corrected chi connectivity index (χ1v) is 21.3. The number of rotatable bonds is 14. The van der Waals surface area contributed by atoms with Crippen LogP contribution in [0.25, 0.3) is 10.4 Å². The van der Waals surface area contributed by atoms with Gasteiger partial charge in [-0.2, -0.15) is 0 Å². The van der Waals surface area contributed by atoms with Gasteiger partial charge in [-0.15, -0.1) is 0 Å². The number of aliphatic hydroxyl groups is 2. The summed E-state index contributed by atoms with van der Waals surface area (Å²) >= 11 is 5.22. The number of aliphatic hydroxyl groups excluding tert-OH is 1. The first-order chi connectivity index (χ1) is 25.3. The van der Waals surface area contributed by atoms with Gasteiger partial charge in [0, 0.05) is 36.0 Å². The van der Waals surface area contributed by atoms with Gasteiger partial charge in [0.1, 0.15) is 33.0 Å². The highest BCUT2D eigenvalue weighted by atomic mass is 32.9. The van der Waals surface area contributed by atoms with E-state index in [0.29, 0.717) is 25.9 Å². The van der Waals surface area contributed by atoms with Crippen LogP contribution in [0, 0.1) is 37.8 Å². The van der Waals surface area contributed by atoms with Gasteiger partial charge in [-0.3, -0.25) is 19.2 Å². The molecule has 2 saturated heterocycles. The molecule has 8 rings (SSSR count). The van der Waals surface area contributed by atoms with Crippen LogP contribution in [0.5, 0.6) is 5.75 Å². The third-order valence-corrected chi connectivity index (χ3v) is 15.7. The normalized spacial score (nSPS) is 33.7. The molecule has 13 heteroatoms. The van der Waals surface area contributed by atoms with E-state index in [1.54, 1.807) is 20.7 Å². The second-order valence-electron chi connectivity index (χ2n) is 16.1. The van der Waals surface area contributed by atoms with Gasteiger partial charge in [-0.05, 0) is 104 Å². The summed E-state index contributed by atoms with van der Waals surface area (Å²) in [4.78, 5) is 55.0. The van der Waals surface area contributed by atoms with E-state index in [1.165, 1.54) is 0 Å². The lowest BCUT2D eigenvalue weighted by molar-refractivity contribution is -0.437. The minimum atomic E-state index is -2.34. The third-order valence-electron chi connectivity index (χ3n) is 12.8. The molecule has 4 bridgehead atoms. The lowest BCUT2D eigenvalue weighted by Crippen LogP contribution is -2.85. The zero-order valence-corrected chi connectivity index (χ0v) is 32.7. The van der Waals surface area contributed by atoms with Crippen LogP contribution in [0.4, 0.5) is 0 Å². The Kier molecular flexibility index (Phi) is 10.7. The van der Waals surface area contributed by atoms with E-state index in [0.717, 1.165) is 45.7 Å². The molecule has 4 aliphatic carbocycles. The van der Waals surface area contributed by atoms with Crippen LogP contribution in [0.15, 0.2) is 42.5 Å². The second-order valence-corrected chi connectivity index (χ2v) is 19.0. The van der Waals surface area contributed by atoms with Crippen LogP contribution in [0.3, 0.4) is 0 Å². The molecule has 0 amide bonds. The predicted octanol–water partition coefficient (Wildman–Crippen LogP) is 7.01. The van der Waals surface area contributed by atoms with Crippen molar-refractivity contribution >= 4 is 56.4 Å². The van der Waals surface area contributed by atoms with Gasteiger partial charge in [0.15, 0.2) is 5.78 Å². The molecule has 10 nitrogen and oxygen atoms in total. The fraction of sp³-hybridized carbons (Fsp3) is 0.625. The minimum Gasteiger partial charge on any atom is -0.494 e. The van der Waals surface area contributed by atoms with Crippen LogP contribution in [-0.4, -0.2) is 71.5 Å². The molecular formula is C40H48O10S3. The molecule has 3 heterocycles. The van der Waals surface area contributed by atoms with E-state index in [4.69, 9.17) is 31.2 Å². The summed E-state index contributed by atoms with van der Waals surface area (Å²) < 4.78 is 24.2. The zero-order valence-electron chi connectivity index (χ0n) is 30.3. The largest absolute Gasteiger partial charge is 0.494 e. The third kappa shape index (κ3) is 6.27. The van der Waals surface area contributed by atoms with E-state index in [9.17, 15) is 29.4 Å². The number of fused-ring (bicyclic) bond motifs is 2. The maximum atomic E-state index is 14.2. The highest BCUT2D eigenvalue weighted by molar-refractivity contribution is 7.80. The molecule has 1 aromatic carbocycles. The monoisotopic (exact) mass is 784 g/mol. The summed E-state index contributed by atoms with van der Waals surface area (Å²) in [6.45, 7) is 8.80. The topological polar surface area (TPSA) is 146 Å². The van der Waals surface area contributed by atoms with Crippen molar-refractivity contribution in [3.63, 3.8) is 0 Å². The number of unbranched alkanes of at least 4 members (excludes halogenated alkanes) is 3. The molecule has 0 radical (unpaired) electrons. The molecule has 286 valence electrons. The highest BCUT2D eigenvalue weighted by Crippen LogP contribution is 2.76. The molecule has 8 atom stereocenters. The van der Waals surface area contributed by atoms with Crippen molar-refractivity contribution < 1.29 is 48.3 Å². The van der Waals surface area contributed by atoms with Gasteiger partial charge in [0.25, 0.3) is 0 Å². The first-order valence-electron chi connectivity index (χ1n) is 18.8. The van der Waals surface area contributed by atoms with Crippen LogP contribution < -0.4 is 4.74 Å². The van der Waals surface area contributed by atoms with E-state index >= 15 is 0 Å². The highest BCUT2D eigenvalue weighted by Gasteiger charge is 2.88. The van der Waals surface area contributed by atoms with Crippen LogP contribution >= 0.6 is 32.9 Å². The number of hydrogen-bond donors (Lipinski definition) is 2. The van der Waals surface area contributed by atoms with Crippen LogP contribution in [0.1, 0.15) is 84.5 Å². The maximum absolute atomic E-state index is 14.2. The number of benzene rings is 1. The summed E-state index contributed by atoms with van der Waals surface area (Å²) in [5, 5.41) is 24.1. The number of hydrogen-bond acceptors (Lipinski definition) is 13. The van der Waals surface area contributed by atoms with Gasteiger partial charge >= 0.3 is 11.9 Å². The molecule has 1 aromatic heterocycles. The molecule has 2 aromatic rings. The second kappa shape index (κ2) is 14.7. The fourth-order valence-electron chi connectivity index (χ4n) is 10.4. The molecule has 2 spiro atoms. The summed E-state index contributed by atoms with van der Waals surface area (Å²) in [5.41, 5.74) is -2.17. The molecule has 2 N–H and O–H groups in total. The van der Waals surface area contributed by atoms with Crippen molar-refractivity contribution in [3.05, 3.63) is 46.3 Å². The summed E-state index contributed by atoms with van der Waals surface area (Å²) in [7, 11) is 3.27. The average Bonchev–Trinajstić information content (AvgIpc) is 3.61. The molecular weight excluding hydrogens is 737 g/mol. The number of carbonyl (C=O) groups excluding carboxylic acids is 4. The number of Topliss-reactive ketones (excluding diaryl/α,β-unsaturated/α-hetero) is 2. The van der Waals surface area contributed by atoms with Gasteiger partial charge < -0.3 is 29.2 Å². The lowest BCUT2D eigenvalue weighted by Gasteiger charge is -2.72. The van der Waals surface area contributed by atoms with Crippen LogP contribution in [-0.2, 0) is 33.4 Å². The standard InChI is InChI=1S/C40H48O10S3/c1-23-26-15-16-28-38-22-49-40(46,35(45)33(38)37(2,3)18-17-29(38)41)39(28,34(23)44)36(26)50-31(43)10-8-9-30(42)48-20-7-5-4-6-19-47-25-13-11-24(12-14-25)27-21-32(51)53-52-27/h11-14,21,26,28,33,35-36,45-46H,1,4-10,15-20,22H2,2-3H3/t26-,28-,33+,35-,36+,38+,39-,40-/m0/s1. The van der Waals surface area contributed by atoms with E-state index in [1.807, 2.05) is 44.2 Å². The molecule has 4 saturated carbocycles. The average molecular weight is 785 g/mol. The van der Waals surface area contributed by atoms with Crippen molar-refractivity contribution in [1.29, 1.82) is 0 Å². The van der Waals surface area contributed by atoms with Crippen molar-refractivity contribution in [2.75, 3.05) is 19.8 Å². The summed E-state index contributed by atoms with van der Waals surface area (Å²) in [6.07, 6.45) is 2.59. The van der Waals surface area contributed by atoms with E-state index in [2.05, 4.69) is 6.58 Å². The molecule has 2 aliphatic heterocycles. The minimum absolute atomic E-state index is 0.0247. The Morgan fingerprint density at radius 3 is 2.43 bits per heavy atom. The quantitative estimate of drug-likeness (QED) is 0.0671. The van der Waals surface area contributed by atoms with E-state index < -0.39 is 69.7 Å². The Balaban J connectivity index is 0.856. The molecule has 53 heavy (non-hydrogen) atoms. The molecule has 6 fully saturated rings. The van der Waals surface area contributed by atoms with Gasteiger partial charge in [0.2, 0.25) is 5.79 Å². The van der Waals surface area contributed by atoms with E-state index in [-0.39, 0.29) is 50.3 Å². The number of ether oxygens (including phenoxy) is 4. The number of esters is 2. The van der Waals surface area contributed by atoms with Gasteiger partial charge in [0.05, 0.1) is 25.2 Å². The Hall–Kier alpha value is -2.81. The fourth-order valence-corrected chi connectivity index (χ4v) is 12.8. The van der Waals surface area contributed by atoms with Crippen molar-refractivity contribution in [3.8, 4) is 16.2 Å². The molecule has 0 unspecified atom stereocenters. The first kappa shape index (κ1) is 38.5. The molecule has 6 aliphatic rings. The Morgan fingerprint density at radius 2 is 1.72 bits per heavy atom. The van der Waals surface area contributed by atoms with Gasteiger partial charge in [-0.1, -0.05) is 53.3 Å². The van der Waals surface area contributed by atoms with Crippen molar-refractivity contribution in [2.24, 2.45) is 34.0 Å². The van der Waals surface area contributed by atoms with Crippen LogP contribution in [0.2, 0.25) is 0 Å². The lowest BCUT2D eigenvalue weighted by atomic mass is 9.36. The number of carbonyl (C=O) groups is 4. The smallest absolute Gasteiger partial charge is 0.306 e. The SMILES string of the molecule is C=C1C(=O)[C@]23[C@H](OC(=O)CCCC(=O)OCCCCCCOc4ccc(-c5cc(=S)ss5)cc4)[C@H]1CC[C@H]2[C@@]12CO[C@@]3(O)[C@@H](O)[C@@H]1C(C)(C)CCC2=O. The Bertz CT molecular complexity index is 1830. The van der Waals surface area contributed by atoms with Gasteiger partial charge in [-0.25, -0.2) is 0 Å². The number of ketones is 2. The van der Waals surface area contributed by atoms with Crippen molar-refractivity contribution in [2.45, 2.75) is 102 Å². The van der Waals surface area contributed by atoms with Crippen molar-refractivity contribution in [1.82, 2.24) is 0 Å². The summed E-state index contributed by atoms with van der Waals surface area (Å²) in [6, 6.07) is 10.0. The zero-order chi connectivity index (χ0) is 37.8. The summed E-state index contributed by atoms with van der Waals surface area (Å²) in [5.74, 6) is -4.99. The Morgan fingerprint density at radius 1 is 1.00 bits per heavy atom. The predicted molar refractivity (Wildman–Crippen MR) is 201 cm³/mol. The maximum Gasteiger partial charge on any atom is 0.306 e.